The SMILES string of the molecule is NC(CCC(=O)O)C(=O)O.N[C@@H]1CCC(=O)O[C@@]2(O)[C@@H](O)[C@H](O)[C@@H](CO)OC2(O)OC1=O. The molecule has 16 heteroatoms. The number of carbonyl (C=O) groups is 4. The molecule has 0 amide bonds. The number of carboxylic acid groups (broad SMARTS) is 2. The molecule has 16 nitrogen and oxygen atoms in total. The lowest BCUT2D eigenvalue weighted by Crippen LogP contribution is -2.75. The smallest absolute Gasteiger partial charge is 0.399 e. The Labute approximate surface area is 179 Å². The van der Waals surface area contributed by atoms with Crippen LogP contribution in [0.5, 0.6) is 0 Å². The largest absolute Gasteiger partial charge is 0.481 e. The second kappa shape index (κ2) is 10.9. The summed E-state index contributed by atoms with van der Waals surface area (Å²) in [5.74, 6) is -11.2. The Bertz CT molecular complexity index is 719. The van der Waals surface area contributed by atoms with Gasteiger partial charge in [0.05, 0.1) is 6.61 Å². The van der Waals surface area contributed by atoms with Crippen molar-refractivity contribution in [2.24, 2.45) is 11.5 Å². The van der Waals surface area contributed by atoms with Gasteiger partial charge in [-0.15, -0.1) is 0 Å². The lowest BCUT2D eigenvalue weighted by Gasteiger charge is -2.49. The van der Waals surface area contributed by atoms with Gasteiger partial charge in [0.25, 0.3) is 0 Å². The molecule has 7 atom stereocenters. The molecule has 0 aromatic rings. The van der Waals surface area contributed by atoms with Crippen LogP contribution in [0, 0.1) is 0 Å². The average Bonchev–Trinajstić information content (AvgIpc) is 2.74. The number of aliphatic carboxylic acids is 2. The minimum absolute atomic E-state index is 0.0231. The van der Waals surface area contributed by atoms with Crippen LogP contribution in [0.15, 0.2) is 0 Å². The van der Waals surface area contributed by atoms with Crippen molar-refractivity contribution in [2.45, 2.75) is 67.8 Å². The van der Waals surface area contributed by atoms with Crippen LogP contribution in [-0.4, -0.2) is 108 Å². The molecule has 32 heavy (non-hydrogen) atoms. The number of fused-ring (bicyclic) bond motifs is 1. The lowest BCUT2D eigenvalue weighted by molar-refractivity contribution is -0.511. The summed E-state index contributed by atoms with van der Waals surface area (Å²) in [6.45, 7) is -0.895. The monoisotopic (exact) mass is 470 g/mol. The van der Waals surface area contributed by atoms with E-state index in [1.54, 1.807) is 0 Å². The number of hydrogen-bond acceptors (Lipinski definition) is 14. The van der Waals surface area contributed by atoms with Gasteiger partial charge in [-0.2, -0.15) is 0 Å². The van der Waals surface area contributed by atoms with Gasteiger partial charge in [-0.25, -0.2) is 0 Å². The number of nitrogens with two attached hydrogens (primary N) is 2. The topological polar surface area (TPSA) is 290 Å². The Hall–Kier alpha value is -2.44. The number of ether oxygens (including phenoxy) is 3. The van der Waals surface area contributed by atoms with Crippen LogP contribution in [0.1, 0.15) is 25.7 Å². The molecular formula is C16H26N2O14. The Morgan fingerprint density at radius 1 is 1.16 bits per heavy atom. The van der Waals surface area contributed by atoms with Gasteiger partial charge in [0.1, 0.15) is 24.3 Å². The van der Waals surface area contributed by atoms with Crippen LogP contribution in [0.4, 0.5) is 0 Å². The van der Waals surface area contributed by atoms with Gasteiger partial charge in [0.15, 0.2) is 6.10 Å². The van der Waals surface area contributed by atoms with E-state index >= 15 is 0 Å². The summed E-state index contributed by atoms with van der Waals surface area (Å²) in [5.41, 5.74) is 10.4. The molecule has 2 heterocycles. The summed E-state index contributed by atoms with van der Waals surface area (Å²) >= 11 is 0. The Morgan fingerprint density at radius 3 is 2.25 bits per heavy atom. The van der Waals surface area contributed by atoms with Gasteiger partial charge in [-0.05, 0) is 12.8 Å². The van der Waals surface area contributed by atoms with Crippen molar-refractivity contribution in [1.82, 2.24) is 0 Å². The molecule has 0 saturated carbocycles. The number of aliphatic hydroxyl groups is 5. The van der Waals surface area contributed by atoms with Crippen molar-refractivity contribution in [3.05, 3.63) is 0 Å². The van der Waals surface area contributed by atoms with E-state index in [9.17, 15) is 39.6 Å². The zero-order chi connectivity index (χ0) is 24.9. The zero-order valence-electron chi connectivity index (χ0n) is 16.6. The summed E-state index contributed by atoms with van der Waals surface area (Å²) < 4.78 is 13.8. The summed E-state index contributed by atoms with van der Waals surface area (Å²) in [5, 5.41) is 65.5. The molecule has 0 bridgehead atoms. The molecule has 0 aromatic heterocycles. The first-order valence-corrected chi connectivity index (χ1v) is 9.18. The molecule has 2 aliphatic rings. The molecule has 11 N–H and O–H groups in total. The average molecular weight is 470 g/mol. The van der Waals surface area contributed by atoms with Crippen molar-refractivity contribution >= 4 is 23.9 Å². The van der Waals surface area contributed by atoms with E-state index in [1.165, 1.54) is 0 Å². The lowest BCUT2D eigenvalue weighted by atomic mass is 9.94. The van der Waals surface area contributed by atoms with Crippen LogP contribution in [0.2, 0.25) is 0 Å². The molecule has 0 aromatic carbocycles. The molecular weight excluding hydrogens is 444 g/mol. The first-order chi connectivity index (χ1) is 14.7. The van der Waals surface area contributed by atoms with Gasteiger partial charge >= 0.3 is 35.6 Å². The first kappa shape index (κ1) is 27.6. The van der Waals surface area contributed by atoms with Crippen LogP contribution >= 0.6 is 0 Å². The van der Waals surface area contributed by atoms with Crippen LogP contribution in [0.3, 0.4) is 0 Å². The highest BCUT2D eigenvalue weighted by Gasteiger charge is 2.70. The molecule has 2 saturated heterocycles. The summed E-state index contributed by atoms with van der Waals surface area (Å²) in [6.07, 6.45) is -6.72. The van der Waals surface area contributed by atoms with E-state index in [1.807, 2.05) is 0 Å². The highest BCUT2D eigenvalue weighted by atomic mass is 16.9. The minimum atomic E-state index is -3.35. The molecule has 0 spiro atoms. The van der Waals surface area contributed by atoms with Crippen molar-refractivity contribution in [3.8, 4) is 0 Å². The summed E-state index contributed by atoms with van der Waals surface area (Å²) in [6, 6.07) is -2.38. The van der Waals surface area contributed by atoms with Gasteiger partial charge < -0.3 is 61.4 Å². The van der Waals surface area contributed by atoms with Crippen LogP contribution < -0.4 is 11.5 Å². The third kappa shape index (κ3) is 6.30. The Balaban J connectivity index is 0.000000433. The molecule has 2 aliphatic heterocycles. The standard InChI is InChI=1S/C11H17NO10.C5H9NO4/c12-4-1-2-6(14)21-10(18)8(16)7(15)5(3-13)20-11(10,19)22-9(4)17;6-3(5(9)10)1-2-4(7)8/h4-5,7-8,13,15-16,18-19H,1-3,12H2;3H,1-2,6H2,(H,7,8)(H,9,10)/t4-,5-,7-,8+,10+,11?;/m1./s1. The van der Waals surface area contributed by atoms with E-state index in [-0.39, 0.29) is 19.3 Å². The maximum absolute atomic E-state index is 11.7. The molecule has 2 fully saturated rings. The fourth-order valence-corrected chi connectivity index (χ4v) is 2.58. The van der Waals surface area contributed by atoms with E-state index in [0.717, 1.165) is 0 Å². The van der Waals surface area contributed by atoms with Gasteiger partial charge in [-0.3, -0.25) is 19.2 Å². The number of hydrogen-bond donors (Lipinski definition) is 9. The second-order valence-electron chi connectivity index (χ2n) is 6.97. The molecule has 184 valence electrons. The van der Waals surface area contributed by atoms with Gasteiger partial charge in [-0.1, -0.05) is 0 Å². The maximum Gasteiger partial charge on any atom is 0.399 e. The first-order valence-electron chi connectivity index (χ1n) is 9.18. The van der Waals surface area contributed by atoms with E-state index in [2.05, 4.69) is 9.47 Å². The van der Waals surface area contributed by atoms with Crippen molar-refractivity contribution in [1.29, 1.82) is 0 Å². The van der Waals surface area contributed by atoms with E-state index in [4.69, 9.17) is 31.5 Å². The van der Waals surface area contributed by atoms with E-state index in [0.29, 0.717) is 0 Å². The number of esters is 2. The normalized spacial score (nSPS) is 36.0. The number of rotatable bonds is 5. The van der Waals surface area contributed by atoms with Crippen LogP contribution in [0.25, 0.3) is 0 Å². The van der Waals surface area contributed by atoms with E-state index < -0.39 is 79.1 Å². The van der Waals surface area contributed by atoms with Gasteiger partial charge in [0, 0.05) is 12.8 Å². The Morgan fingerprint density at radius 2 is 1.75 bits per heavy atom. The highest BCUT2D eigenvalue weighted by molar-refractivity contribution is 5.78. The molecule has 2 unspecified atom stereocenters. The molecule has 0 radical (unpaired) electrons. The predicted molar refractivity (Wildman–Crippen MR) is 95.7 cm³/mol. The van der Waals surface area contributed by atoms with Crippen LogP contribution in [-0.2, 0) is 33.4 Å². The van der Waals surface area contributed by atoms with Crippen molar-refractivity contribution in [3.63, 3.8) is 0 Å². The number of carboxylic acids is 2. The minimum Gasteiger partial charge on any atom is -0.481 e. The highest BCUT2D eigenvalue weighted by Crippen LogP contribution is 2.39. The third-order valence-corrected chi connectivity index (χ3v) is 4.51. The summed E-state index contributed by atoms with van der Waals surface area (Å²) in [7, 11) is 0. The van der Waals surface area contributed by atoms with Gasteiger partial charge in [0.2, 0.25) is 0 Å². The predicted octanol–water partition coefficient (Wildman–Crippen LogP) is -5.10. The van der Waals surface area contributed by atoms with Crippen molar-refractivity contribution in [2.75, 3.05) is 6.61 Å². The molecule has 2 rings (SSSR count). The fraction of sp³-hybridized carbons (Fsp3) is 0.750. The quantitative estimate of drug-likeness (QED) is 0.170. The third-order valence-electron chi connectivity index (χ3n) is 4.51. The number of carbonyl (C=O) groups excluding carboxylic acids is 2. The maximum atomic E-state index is 11.7. The fourth-order valence-electron chi connectivity index (χ4n) is 2.58. The number of aliphatic hydroxyl groups excluding tert-OH is 3. The van der Waals surface area contributed by atoms with Crippen molar-refractivity contribution < 1.29 is 69.1 Å². The Kier molecular flexibility index (Phi) is 9.42. The second-order valence-corrected chi connectivity index (χ2v) is 6.97. The zero-order valence-corrected chi connectivity index (χ0v) is 16.6. The molecule has 0 aliphatic carbocycles. The summed E-state index contributed by atoms with van der Waals surface area (Å²) in [4.78, 5) is 43.2.